The maximum Gasteiger partial charge on any atom is 0.522 e. The second-order valence-corrected chi connectivity index (χ2v) is 8.52. The Hall–Kier alpha value is -4.13. The second kappa shape index (κ2) is 4.62. The Labute approximate surface area is 176 Å². The number of hydrogen-bond acceptors (Lipinski definition) is 4. The molecule has 0 saturated heterocycles. The molecule has 6 heterocycles. The summed E-state index contributed by atoms with van der Waals surface area (Å²) in [5.74, 6) is 2.97. The number of rotatable bonds is 0. The van der Waals surface area contributed by atoms with Gasteiger partial charge in [-0.1, -0.05) is 72.8 Å². The summed E-state index contributed by atoms with van der Waals surface area (Å²) < 4.78 is 4.61. The number of nitrogens with zero attached hydrogens (tertiary/aromatic N) is 6. The van der Waals surface area contributed by atoms with Gasteiger partial charge in [0.15, 0.2) is 0 Å². The molecule has 6 nitrogen and oxygen atoms in total. The molecule has 0 amide bonds. The second-order valence-electron chi connectivity index (χ2n) is 8.52. The summed E-state index contributed by atoms with van der Waals surface area (Å²) in [5, 5.41) is 4.60. The highest BCUT2D eigenvalue weighted by molar-refractivity contribution is 6.60. The molecule has 7 heteroatoms. The van der Waals surface area contributed by atoms with E-state index in [0.717, 1.165) is 50.0 Å². The van der Waals surface area contributed by atoms with Crippen molar-refractivity contribution in [2.45, 2.75) is 6.17 Å². The minimum atomic E-state index is -0.0804. The first-order valence-corrected chi connectivity index (χ1v) is 10.5. The third-order valence-electron chi connectivity index (χ3n) is 7.10. The van der Waals surface area contributed by atoms with Gasteiger partial charge < -0.3 is 13.8 Å². The Bertz CT molecular complexity index is 1820. The van der Waals surface area contributed by atoms with Crippen molar-refractivity contribution < 1.29 is 0 Å². The Morgan fingerprint density at radius 2 is 1.29 bits per heavy atom. The topological polar surface area (TPSA) is 50.2 Å². The minimum absolute atomic E-state index is 0.0605. The van der Waals surface area contributed by atoms with E-state index in [2.05, 4.69) is 86.6 Å². The summed E-state index contributed by atoms with van der Waals surface area (Å²) in [4.78, 5) is 18.0. The number of hydrogen-bond donors (Lipinski definition) is 0. The Morgan fingerprint density at radius 3 is 2.10 bits per heavy atom. The average Bonchev–Trinajstić information content (AvgIpc) is 3.45. The van der Waals surface area contributed by atoms with E-state index in [1.165, 1.54) is 11.1 Å². The summed E-state index contributed by atoms with van der Waals surface area (Å²) >= 11 is 0. The van der Waals surface area contributed by atoms with Crippen LogP contribution in [-0.4, -0.2) is 26.7 Å². The molecule has 0 radical (unpaired) electrons. The highest BCUT2D eigenvalue weighted by Gasteiger charge is 2.52. The van der Waals surface area contributed by atoms with Crippen molar-refractivity contribution >= 4 is 46.1 Å². The van der Waals surface area contributed by atoms with Gasteiger partial charge >= 0.3 is 7.12 Å². The standard InChI is InChI=1S/C24H13BN6/c1-2-8-14-13(7-1)19-26-21-15-9-3-4-10-16(15)23-28-24-18-12-6-5-11-17(18)22-27-20(14)29(19)25(30(21)23)31(22)24/h1-12,19H. The van der Waals surface area contributed by atoms with Gasteiger partial charge in [-0.2, -0.15) is 0 Å². The van der Waals surface area contributed by atoms with Crippen molar-refractivity contribution in [3.63, 3.8) is 0 Å². The van der Waals surface area contributed by atoms with E-state index in [1.54, 1.807) is 0 Å². The van der Waals surface area contributed by atoms with Crippen molar-refractivity contribution in [3.05, 3.63) is 94.9 Å². The average molecular weight is 396 g/mol. The van der Waals surface area contributed by atoms with Crippen molar-refractivity contribution in [1.82, 2.24) is 13.8 Å². The molecule has 5 aromatic rings. The molecule has 31 heavy (non-hydrogen) atoms. The van der Waals surface area contributed by atoms with Crippen LogP contribution in [-0.2, 0) is 0 Å². The Balaban J connectivity index is 1.60. The van der Waals surface area contributed by atoms with Gasteiger partial charge in [-0.05, 0) is 0 Å². The summed E-state index contributed by atoms with van der Waals surface area (Å²) in [6.45, 7) is 0. The van der Waals surface area contributed by atoms with Crippen molar-refractivity contribution in [2.75, 3.05) is 0 Å². The molecule has 0 bridgehead atoms. The van der Waals surface area contributed by atoms with Gasteiger partial charge in [0.05, 0.1) is 0 Å². The van der Waals surface area contributed by atoms with E-state index in [1.807, 2.05) is 0 Å². The number of aromatic nitrogens is 2. The number of benzene rings is 3. The van der Waals surface area contributed by atoms with Gasteiger partial charge in [-0.3, -0.25) is 0 Å². The third kappa shape index (κ3) is 1.45. The van der Waals surface area contributed by atoms with Crippen LogP contribution < -0.4 is 11.0 Å². The summed E-state index contributed by atoms with van der Waals surface area (Å²) in [7, 11) is -0.0605. The Morgan fingerprint density at radius 1 is 0.645 bits per heavy atom. The van der Waals surface area contributed by atoms with Crippen LogP contribution in [0.1, 0.15) is 17.3 Å². The summed E-state index contributed by atoms with van der Waals surface area (Å²) in [6.07, 6.45) is -0.0804. The quantitative estimate of drug-likeness (QED) is 0.371. The fraction of sp³-hybridized carbons (Fsp3) is 0.0417. The van der Waals surface area contributed by atoms with E-state index in [9.17, 15) is 0 Å². The monoisotopic (exact) mass is 396 g/mol. The van der Waals surface area contributed by atoms with Gasteiger partial charge in [-0.25, -0.2) is 15.0 Å². The lowest BCUT2D eigenvalue weighted by Gasteiger charge is -2.39. The van der Waals surface area contributed by atoms with Crippen LogP contribution in [0.25, 0.3) is 21.5 Å². The van der Waals surface area contributed by atoms with Crippen LogP contribution in [0.5, 0.6) is 0 Å². The fourth-order valence-corrected chi connectivity index (χ4v) is 5.87. The summed E-state index contributed by atoms with van der Waals surface area (Å²) in [5.41, 5.74) is 4.39. The van der Waals surface area contributed by atoms with Crippen LogP contribution in [0.4, 0.5) is 11.6 Å². The van der Waals surface area contributed by atoms with Crippen LogP contribution in [0.3, 0.4) is 0 Å². The smallest absolute Gasteiger partial charge is 0.334 e. The first-order chi connectivity index (χ1) is 15.4. The van der Waals surface area contributed by atoms with Crippen LogP contribution in [0, 0.1) is 0 Å². The van der Waals surface area contributed by atoms with Gasteiger partial charge in [-0.15, -0.1) is 0 Å². The first kappa shape index (κ1) is 14.8. The molecule has 0 spiro atoms. The molecule has 4 aliphatic rings. The molecule has 1 unspecified atom stereocenters. The maximum absolute atomic E-state index is 5.27. The fourth-order valence-electron chi connectivity index (χ4n) is 5.87. The zero-order valence-electron chi connectivity index (χ0n) is 16.3. The van der Waals surface area contributed by atoms with Crippen molar-refractivity contribution in [3.8, 4) is 0 Å². The van der Waals surface area contributed by atoms with Crippen LogP contribution >= 0.6 is 0 Å². The Kier molecular flexibility index (Phi) is 2.20. The van der Waals surface area contributed by atoms with E-state index in [0.29, 0.717) is 0 Å². The predicted octanol–water partition coefficient (Wildman–Crippen LogP) is 3.28. The predicted molar refractivity (Wildman–Crippen MR) is 120 cm³/mol. The number of amidine groups is 1. The van der Waals surface area contributed by atoms with E-state index < -0.39 is 0 Å². The van der Waals surface area contributed by atoms with Gasteiger partial charge in [0.1, 0.15) is 34.6 Å². The lowest BCUT2D eigenvalue weighted by molar-refractivity contribution is 0.443. The largest absolute Gasteiger partial charge is 0.522 e. The first-order valence-electron chi connectivity index (χ1n) is 10.5. The zero-order chi connectivity index (χ0) is 19.8. The van der Waals surface area contributed by atoms with Gasteiger partial charge in [0.25, 0.3) is 0 Å². The molecule has 2 aromatic heterocycles. The molecular formula is C24H13BN6. The normalized spacial score (nSPS) is 18.6. The van der Waals surface area contributed by atoms with Crippen molar-refractivity contribution in [1.29, 1.82) is 0 Å². The zero-order valence-corrected chi connectivity index (χ0v) is 16.3. The molecule has 1 atom stereocenters. The molecule has 3 aromatic carbocycles. The van der Waals surface area contributed by atoms with Crippen LogP contribution in [0.15, 0.2) is 87.8 Å². The number of aliphatic imine (C=N–C) groups is 1. The number of fused-ring (bicyclic) bond motifs is 9. The molecular weight excluding hydrogens is 383 g/mol. The highest BCUT2D eigenvalue weighted by Crippen LogP contribution is 2.47. The maximum atomic E-state index is 5.27. The van der Waals surface area contributed by atoms with Gasteiger partial charge in [0.2, 0.25) is 0 Å². The van der Waals surface area contributed by atoms with E-state index in [-0.39, 0.29) is 13.3 Å². The van der Waals surface area contributed by atoms with Gasteiger partial charge in [0, 0.05) is 32.7 Å². The van der Waals surface area contributed by atoms with Crippen molar-refractivity contribution in [2.24, 2.45) is 15.0 Å². The SMILES string of the molecule is c1ccc2c(c1)C1=Nc3c4ccccc4c4n3B3N1C2N=c1c2ccccc2c(n13)=N4. The minimum Gasteiger partial charge on any atom is -0.334 e. The molecule has 0 N–H and O–H groups in total. The molecule has 0 saturated carbocycles. The van der Waals surface area contributed by atoms with Crippen LogP contribution in [0.2, 0.25) is 0 Å². The molecule has 142 valence electrons. The molecule has 9 rings (SSSR count). The lowest BCUT2D eigenvalue weighted by atomic mass is 9.85. The molecule has 0 aliphatic carbocycles. The lowest BCUT2D eigenvalue weighted by Crippen LogP contribution is -2.63. The highest BCUT2D eigenvalue weighted by atomic mass is 15.4. The summed E-state index contributed by atoms with van der Waals surface area (Å²) in [6, 6.07) is 25.5. The molecule has 0 fully saturated rings. The molecule has 4 aliphatic heterocycles. The van der Waals surface area contributed by atoms with E-state index >= 15 is 0 Å². The third-order valence-corrected chi connectivity index (χ3v) is 7.10. The van der Waals surface area contributed by atoms with E-state index in [4.69, 9.17) is 15.0 Å².